The first kappa shape index (κ1) is 19.7. The molecule has 1 unspecified atom stereocenters. The number of aliphatic imine (C=N–C) groups is 1. The summed E-state index contributed by atoms with van der Waals surface area (Å²) in [6.07, 6.45) is 0.643. The molecule has 1 heterocycles. The number of thiophene rings is 1. The molecule has 2 rings (SSSR count). The molecule has 0 spiro atoms. The largest absolute Gasteiger partial charge is 0.383 e. The Morgan fingerprint density at radius 1 is 1.36 bits per heavy atom. The Morgan fingerprint density at radius 2 is 2.16 bits per heavy atom. The number of nitrogens with one attached hydrogen (secondary N) is 2. The van der Waals surface area contributed by atoms with Gasteiger partial charge in [-0.3, -0.25) is 0 Å². The van der Waals surface area contributed by atoms with E-state index in [-0.39, 0.29) is 12.4 Å². The minimum absolute atomic E-state index is 0.246. The Bertz CT molecular complexity index is 704. The van der Waals surface area contributed by atoms with E-state index in [4.69, 9.17) is 11.6 Å². The fraction of sp³-hybridized carbons (Fsp3) is 0.389. The smallest absolute Gasteiger partial charge is 0.191 e. The number of hydrogen-bond donors (Lipinski definition) is 3. The molecule has 0 saturated heterocycles. The Hall–Kier alpha value is -1.63. The summed E-state index contributed by atoms with van der Waals surface area (Å²) in [5.41, 5.74) is 0.717. The van der Waals surface area contributed by atoms with E-state index >= 15 is 0 Å². The van der Waals surface area contributed by atoms with Gasteiger partial charge in [0.25, 0.3) is 0 Å². The monoisotopic (exact) mass is 383 g/mol. The van der Waals surface area contributed by atoms with Crippen LogP contribution in [0.3, 0.4) is 0 Å². The third-order valence-corrected chi connectivity index (χ3v) is 4.77. The van der Waals surface area contributed by atoms with Crippen molar-refractivity contribution in [2.75, 3.05) is 19.6 Å². The van der Waals surface area contributed by atoms with E-state index < -0.39 is 5.60 Å². The van der Waals surface area contributed by atoms with E-state index in [9.17, 15) is 9.50 Å². The van der Waals surface area contributed by atoms with Crippen LogP contribution < -0.4 is 10.6 Å². The fourth-order valence-corrected chi connectivity index (χ4v) is 3.32. The molecule has 0 aliphatic heterocycles. The molecule has 25 heavy (non-hydrogen) atoms. The van der Waals surface area contributed by atoms with Crippen molar-refractivity contribution in [3.05, 3.63) is 57.0 Å². The summed E-state index contributed by atoms with van der Waals surface area (Å²) in [6, 6.07) is 6.30. The summed E-state index contributed by atoms with van der Waals surface area (Å²) in [5.74, 6) is 0.281. The van der Waals surface area contributed by atoms with E-state index in [0.717, 1.165) is 11.1 Å². The SMILES string of the molecule is CCNC(=NCC(C)(O)c1ccsc1)NCCc1ccc(F)cc1Cl. The molecule has 0 radical (unpaired) electrons. The van der Waals surface area contributed by atoms with Gasteiger partial charge in [0.2, 0.25) is 0 Å². The molecule has 0 amide bonds. The molecular formula is C18H23ClFN3OS. The second kappa shape index (κ2) is 9.17. The van der Waals surface area contributed by atoms with Gasteiger partial charge in [-0.1, -0.05) is 17.7 Å². The van der Waals surface area contributed by atoms with Crippen LogP contribution in [0, 0.1) is 5.82 Å². The molecule has 1 aromatic carbocycles. The van der Waals surface area contributed by atoms with Gasteiger partial charge in [0.05, 0.1) is 6.54 Å². The van der Waals surface area contributed by atoms with Crippen LogP contribution in [-0.4, -0.2) is 30.7 Å². The molecule has 3 N–H and O–H groups in total. The zero-order valence-electron chi connectivity index (χ0n) is 14.4. The first-order valence-electron chi connectivity index (χ1n) is 8.13. The van der Waals surface area contributed by atoms with E-state index in [0.29, 0.717) is 30.5 Å². The highest BCUT2D eigenvalue weighted by molar-refractivity contribution is 7.08. The van der Waals surface area contributed by atoms with E-state index in [1.54, 1.807) is 24.3 Å². The Kier molecular flexibility index (Phi) is 7.23. The van der Waals surface area contributed by atoms with Gasteiger partial charge in [0, 0.05) is 18.1 Å². The first-order chi connectivity index (χ1) is 11.9. The fourth-order valence-electron chi connectivity index (χ4n) is 2.28. The number of nitrogens with zero attached hydrogens (tertiary/aromatic N) is 1. The molecule has 0 saturated carbocycles. The van der Waals surface area contributed by atoms with Crippen LogP contribution in [0.5, 0.6) is 0 Å². The number of benzene rings is 1. The highest BCUT2D eigenvalue weighted by atomic mass is 35.5. The van der Waals surface area contributed by atoms with Crippen molar-refractivity contribution in [2.45, 2.75) is 25.9 Å². The number of aliphatic hydroxyl groups is 1. The second-order valence-electron chi connectivity index (χ2n) is 5.89. The van der Waals surface area contributed by atoms with E-state index in [1.165, 1.54) is 12.1 Å². The summed E-state index contributed by atoms with van der Waals surface area (Å²) >= 11 is 7.58. The highest BCUT2D eigenvalue weighted by Crippen LogP contribution is 2.23. The third-order valence-electron chi connectivity index (χ3n) is 3.73. The van der Waals surface area contributed by atoms with E-state index in [2.05, 4.69) is 15.6 Å². The van der Waals surface area contributed by atoms with Crippen molar-refractivity contribution in [1.82, 2.24) is 10.6 Å². The van der Waals surface area contributed by atoms with Gasteiger partial charge in [-0.05, 0) is 60.4 Å². The van der Waals surface area contributed by atoms with Gasteiger partial charge in [0.1, 0.15) is 11.4 Å². The second-order valence-corrected chi connectivity index (χ2v) is 7.08. The summed E-state index contributed by atoms with van der Waals surface area (Å²) in [5, 5.41) is 21.2. The number of hydrogen-bond acceptors (Lipinski definition) is 3. The normalized spacial score (nSPS) is 14.2. The molecule has 0 aliphatic rings. The summed E-state index contributed by atoms with van der Waals surface area (Å²) in [7, 11) is 0. The molecule has 136 valence electrons. The molecule has 4 nitrogen and oxygen atoms in total. The lowest BCUT2D eigenvalue weighted by molar-refractivity contribution is 0.0677. The van der Waals surface area contributed by atoms with Gasteiger partial charge in [-0.25, -0.2) is 9.38 Å². The van der Waals surface area contributed by atoms with Crippen molar-refractivity contribution in [3.8, 4) is 0 Å². The molecule has 2 aromatic rings. The van der Waals surface area contributed by atoms with Crippen molar-refractivity contribution < 1.29 is 9.50 Å². The predicted octanol–water partition coefficient (Wildman–Crippen LogP) is 3.55. The van der Waals surface area contributed by atoms with Crippen LogP contribution in [0.1, 0.15) is 25.0 Å². The standard InChI is InChI=1S/C18H23ClFN3OS/c1-3-21-17(23-12-18(2,24)14-7-9-25-11-14)22-8-6-13-4-5-15(20)10-16(13)19/h4-5,7,9-11,24H,3,6,8,12H2,1-2H3,(H2,21,22,23). The maximum Gasteiger partial charge on any atom is 0.191 e. The molecular weight excluding hydrogens is 361 g/mol. The molecule has 7 heteroatoms. The minimum atomic E-state index is -1.01. The average molecular weight is 384 g/mol. The maximum absolute atomic E-state index is 13.1. The van der Waals surface area contributed by atoms with Crippen LogP contribution in [0.25, 0.3) is 0 Å². The van der Waals surface area contributed by atoms with Gasteiger partial charge in [0.15, 0.2) is 5.96 Å². The topological polar surface area (TPSA) is 56.7 Å². The zero-order chi connectivity index (χ0) is 18.3. The molecule has 0 fully saturated rings. The first-order valence-corrected chi connectivity index (χ1v) is 9.45. The number of rotatable bonds is 7. The van der Waals surface area contributed by atoms with Crippen molar-refractivity contribution >= 4 is 28.9 Å². The van der Waals surface area contributed by atoms with Crippen molar-refractivity contribution in [3.63, 3.8) is 0 Å². The summed E-state index contributed by atoms with van der Waals surface area (Å²) < 4.78 is 13.1. The van der Waals surface area contributed by atoms with Gasteiger partial charge >= 0.3 is 0 Å². The zero-order valence-corrected chi connectivity index (χ0v) is 15.9. The number of halogens is 2. The lowest BCUT2D eigenvalue weighted by atomic mass is 10.00. The van der Waals surface area contributed by atoms with Crippen LogP contribution in [0.2, 0.25) is 5.02 Å². The van der Waals surface area contributed by atoms with E-state index in [1.807, 2.05) is 23.8 Å². The van der Waals surface area contributed by atoms with Crippen LogP contribution >= 0.6 is 22.9 Å². The highest BCUT2D eigenvalue weighted by Gasteiger charge is 2.23. The van der Waals surface area contributed by atoms with Gasteiger partial charge in [-0.2, -0.15) is 11.3 Å². The predicted molar refractivity (Wildman–Crippen MR) is 103 cm³/mol. The Balaban J connectivity index is 1.93. The molecule has 0 bridgehead atoms. The van der Waals surface area contributed by atoms with Crippen LogP contribution in [0.4, 0.5) is 4.39 Å². The molecule has 1 atom stereocenters. The molecule has 1 aromatic heterocycles. The van der Waals surface area contributed by atoms with Gasteiger partial charge < -0.3 is 15.7 Å². The van der Waals surface area contributed by atoms with Crippen molar-refractivity contribution in [1.29, 1.82) is 0 Å². The van der Waals surface area contributed by atoms with Crippen molar-refractivity contribution in [2.24, 2.45) is 4.99 Å². The average Bonchev–Trinajstić information content (AvgIpc) is 3.10. The minimum Gasteiger partial charge on any atom is -0.383 e. The van der Waals surface area contributed by atoms with Gasteiger partial charge in [-0.15, -0.1) is 0 Å². The van der Waals surface area contributed by atoms with Crippen LogP contribution in [0.15, 0.2) is 40.0 Å². The van der Waals surface area contributed by atoms with Crippen LogP contribution in [-0.2, 0) is 12.0 Å². The maximum atomic E-state index is 13.1. The third kappa shape index (κ3) is 5.99. The summed E-state index contributed by atoms with van der Waals surface area (Å²) in [4.78, 5) is 4.46. The lowest BCUT2D eigenvalue weighted by Gasteiger charge is -2.21. The number of guanidine groups is 1. The lowest BCUT2D eigenvalue weighted by Crippen LogP contribution is -2.39. The summed E-state index contributed by atoms with van der Waals surface area (Å²) in [6.45, 7) is 5.28. The molecule has 0 aliphatic carbocycles. The Labute approximate surface area is 156 Å². The quantitative estimate of drug-likeness (QED) is 0.506. The Morgan fingerprint density at radius 3 is 2.80 bits per heavy atom.